The number of benzene rings is 1. The second-order valence-electron chi connectivity index (χ2n) is 4.09. The summed E-state index contributed by atoms with van der Waals surface area (Å²) in [7, 11) is 3.35. The summed E-state index contributed by atoms with van der Waals surface area (Å²) >= 11 is 3.36. The highest BCUT2D eigenvalue weighted by molar-refractivity contribution is 9.10. The second-order valence-corrected chi connectivity index (χ2v) is 4.95. The quantitative estimate of drug-likeness (QED) is 0.944. The number of aromatic nitrogens is 2. The second kappa shape index (κ2) is 5.44. The number of hydrogen-bond acceptors (Lipinski definition) is 3. The Bertz CT molecular complexity index is 622. The maximum atomic E-state index is 12.2. The Kier molecular flexibility index (Phi) is 3.90. The molecule has 1 aromatic heterocycles. The fourth-order valence-electron chi connectivity index (χ4n) is 1.72. The Hall–Kier alpha value is -1.82. The molecule has 0 bridgehead atoms. The SMILES string of the molecule is COc1ccc(Br)c(C(=O)Nc2cc(C)nn2C)c1. The highest BCUT2D eigenvalue weighted by Crippen LogP contribution is 2.23. The smallest absolute Gasteiger partial charge is 0.258 e. The van der Waals surface area contributed by atoms with Gasteiger partial charge in [-0.05, 0) is 41.1 Å². The van der Waals surface area contributed by atoms with E-state index < -0.39 is 0 Å². The van der Waals surface area contributed by atoms with E-state index in [0.717, 1.165) is 5.69 Å². The molecule has 0 aliphatic rings. The van der Waals surface area contributed by atoms with E-state index >= 15 is 0 Å². The van der Waals surface area contributed by atoms with Crippen molar-refractivity contribution in [1.29, 1.82) is 0 Å². The van der Waals surface area contributed by atoms with Crippen LogP contribution >= 0.6 is 15.9 Å². The summed E-state index contributed by atoms with van der Waals surface area (Å²) in [6.07, 6.45) is 0. The van der Waals surface area contributed by atoms with Crippen molar-refractivity contribution in [1.82, 2.24) is 9.78 Å². The van der Waals surface area contributed by atoms with Crippen molar-refractivity contribution in [3.05, 3.63) is 40.0 Å². The number of hydrogen-bond donors (Lipinski definition) is 1. The van der Waals surface area contributed by atoms with E-state index in [9.17, 15) is 4.79 Å². The zero-order chi connectivity index (χ0) is 14.0. The highest BCUT2D eigenvalue weighted by atomic mass is 79.9. The number of amides is 1. The van der Waals surface area contributed by atoms with Crippen LogP contribution in [0.15, 0.2) is 28.7 Å². The summed E-state index contributed by atoms with van der Waals surface area (Å²) in [5.41, 5.74) is 1.36. The van der Waals surface area contributed by atoms with Gasteiger partial charge < -0.3 is 10.1 Å². The summed E-state index contributed by atoms with van der Waals surface area (Å²) < 4.78 is 7.46. The molecule has 0 unspecified atom stereocenters. The summed E-state index contributed by atoms with van der Waals surface area (Å²) in [4.78, 5) is 12.2. The van der Waals surface area contributed by atoms with E-state index in [1.54, 1.807) is 37.0 Å². The maximum absolute atomic E-state index is 12.2. The topological polar surface area (TPSA) is 56.1 Å². The van der Waals surface area contributed by atoms with Crippen LogP contribution in [0.4, 0.5) is 5.82 Å². The van der Waals surface area contributed by atoms with Crippen LogP contribution in [-0.2, 0) is 7.05 Å². The molecule has 5 nitrogen and oxygen atoms in total. The average molecular weight is 324 g/mol. The van der Waals surface area contributed by atoms with Gasteiger partial charge in [0.05, 0.1) is 18.4 Å². The standard InChI is InChI=1S/C13H14BrN3O2/c1-8-6-12(17(2)16-8)15-13(18)10-7-9(19-3)4-5-11(10)14/h4-7H,1-3H3,(H,15,18). The van der Waals surface area contributed by atoms with Crippen molar-refractivity contribution in [3.63, 3.8) is 0 Å². The molecule has 19 heavy (non-hydrogen) atoms. The van der Waals surface area contributed by atoms with E-state index in [2.05, 4.69) is 26.3 Å². The Labute approximate surface area is 119 Å². The molecule has 0 radical (unpaired) electrons. The first-order valence-electron chi connectivity index (χ1n) is 5.67. The van der Waals surface area contributed by atoms with Gasteiger partial charge in [-0.1, -0.05) is 0 Å². The van der Waals surface area contributed by atoms with Gasteiger partial charge in [0.15, 0.2) is 0 Å². The van der Waals surface area contributed by atoms with Crippen LogP contribution in [0, 0.1) is 6.92 Å². The van der Waals surface area contributed by atoms with Gasteiger partial charge in [-0.15, -0.1) is 0 Å². The van der Waals surface area contributed by atoms with Crippen LogP contribution in [0.1, 0.15) is 16.1 Å². The fraction of sp³-hybridized carbons (Fsp3) is 0.231. The van der Waals surface area contributed by atoms with Crippen molar-refractivity contribution in [2.45, 2.75) is 6.92 Å². The van der Waals surface area contributed by atoms with Crippen molar-refractivity contribution < 1.29 is 9.53 Å². The van der Waals surface area contributed by atoms with Gasteiger partial charge in [0.1, 0.15) is 11.6 Å². The molecule has 1 amide bonds. The number of nitrogens with one attached hydrogen (secondary N) is 1. The molecule has 0 aliphatic carbocycles. The van der Waals surface area contributed by atoms with Crippen molar-refractivity contribution >= 4 is 27.7 Å². The van der Waals surface area contributed by atoms with Crippen molar-refractivity contribution in [3.8, 4) is 5.75 Å². The third-order valence-electron chi connectivity index (χ3n) is 2.66. The average Bonchev–Trinajstić information content (AvgIpc) is 2.68. The highest BCUT2D eigenvalue weighted by Gasteiger charge is 2.13. The molecule has 0 aliphatic heterocycles. The van der Waals surface area contributed by atoms with Crippen LogP contribution in [0.3, 0.4) is 0 Å². The molecule has 1 heterocycles. The molecule has 6 heteroatoms. The predicted octanol–water partition coefficient (Wildman–Crippen LogP) is 2.75. The molecule has 0 saturated heterocycles. The lowest BCUT2D eigenvalue weighted by atomic mass is 10.2. The van der Waals surface area contributed by atoms with E-state index in [1.807, 2.05) is 13.0 Å². The van der Waals surface area contributed by atoms with Gasteiger partial charge >= 0.3 is 0 Å². The number of anilines is 1. The number of nitrogens with zero attached hydrogens (tertiary/aromatic N) is 2. The number of rotatable bonds is 3. The van der Waals surface area contributed by atoms with E-state index in [1.165, 1.54) is 0 Å². The van der Waals surface area contributed by atoms with E-state index in [4.69, 9.17) is 4.74 Å². The van der Waals surface area contributed by atoms with E-state index in [-0.39, 0.29) is 5.91 Å². The zero-order valence-electron chi connectivity index (χ0n) is 10.9. The molecule has 1 N–H and O–H groups in total. The van der Waals surface area contributed by atoms with Gasteiger partial charge in [-0.3, -0.25) is 9.48 Å². The Morgan fingerprint density at radius 1 is 1.42 bits per heavy atom. The minimum atomic E-state index is -0.214. The summed E-state index contributed by atoms with van der Waals surface area (Å²) in [6, 6.07) is 7.06. The lowest BCUT2D eigenvalue weighted by Crippen LogP contribution is -2.15. The monoisotopic (exact) mass is 323 g/mol. The number of ether oxygens (including phenoxy) is 1. The summed E-state index contributed by atoms with van der Waals surface area (Å²) in [6.45, 7) is 1.87. The molecule has 0 spiro atoms. The molecule has 2 aromatic rings. The maximum Gasteiger partial charge on any atom is 0.258 e. The number of aryl methyl sites for hydroxylation is 2. The molecule has 0 saturated carbocycles. The molecule has 0 atom stereocenters. The van der Waals surface area contributed by atoms with Gasteiger partial charge in [0.2, 0.25) is 0 Å². The molecular formula is C13H14BrN3O2. The largest absolute Gasteiger partial charge is 0.497 e. The molecule has 0 fully saturated rings. The number of carbonyl (C=O) groups is 1. The lowest BCUT2D eigenvalue weighted by molar-refractivity contribution is 0.102. The minimum absolute atomic E-state index is 0.214. The molecule has 100 valence electrons. The third-order valence-corrected chi connectivity index (χ3v) is 3.35. The molecule has 1 aromatic carbocycles. The third kappa shape index (κ3) is 2.96. The fourth-order valence-corrected chi connectivity index (χ4v) is 2.14. The Morgan fingerprint density at radius 2 is 2.16 bits per heavy atom. The first-order chi connectivity index (χ1) is 9.01. The number of carbonyl (C=O) groups excluding carboxylic acids is 1. The van der Waals surface area contributed by atoms with Crippen molar-refractivity contribution in [2.24, 2.45) is 7.05 Å². The molecule has 2 rings (SSSR count). The van der Waals surface area contributed by atoms with Crippen LogP contribution < -0.4 is 10.1 Å². The normalized spacial score (nSPS) is 10.3. The number of halogens is 1. The zero-order valence-corrected chi connectivity index (χ0v) is 12.5. The first kappa shape index (κ1) is 13.6. The summed E-state index contributed by atoms with van der Waals surface area (Å²) in [5.74, 6) is 1.07. The predicted molar refractivity (Wildman–Crippen MR) is 76.6 cm³/mol. The van der Waals surface area contributed by atoms with Crippen LogP contribution in [0.5, 0.6) is 5.75 Å². The lowest BCUT2D eigenvalue weighted by Gasteiger charge is -2.08. The van der Waals surface area contributed by atoms with Crippen molar-refractivity contribution in [2.75, 3.05) is 12.4 Å². The summed E-state index contributed by atoms with van der Waals surface area (Å²) in [5, 5.41) is 6.99. The minimum Gasteiger partial charge on any atom is -0.497 e. The van der Waals surface area contributed by atoms with Gasteiger partial charge in [-0.2, -0.15) is 5.10 Å². The Morgan fingerprint density at radius 3 is 2.74 bits per heavy atom. The van der Waals surface area contributed by atoms with Gasteiger partial charge in [-0.25, -0.2) is 0 Å². The van der Waals surface area contributed by atoms with E-state index in [0.29, 0.717) is 21.6 Å². The molecular weight excluding hydrogens is 310 g/mol. The van der Waals surface area contributed by atoms with Crippen LogP contribution in [0.2, 0.25) is 0 Å². The Balaban J connectivity index is 2.27. The van der Waals surface area contributed by atoms with Crippen LogP contribution in [0.25, 0.3) is 0 Å². The first-order valence-corrected chi connectivity index (χ1v) is 6.46. The number of methoxy groups -OCH3 is 1. The van der Waals surface area contributed by atoms with Gasteiger partial charge in [0.25, 0.3) is 5.91 Å². The van der Waals surface area contributed by atoms with Gasteiger partial charge in [0, 0.05) is 17.6 Å². The van der Waals surface area contributed by atoms with Crippen LogP contribution in [-0.4, -0.2) is 22.8 Å².